The minimum Gasteiger partial charge on any atom is -0.342 e. The maximum absolute atomic E-state index is 11.4. The van der Waals surface area contributed by atoms with E-state index in [0.717, 1.165) is 19.6 Å². The van der Waals surface area contributed by atoms with Gasteiger partial charge in [-0.3, -0.25) is 9.69 Å². The standard InChI is InChI=1S/C11H20N4O/c1-2-15(8-10-4-3-6-13-10)9-11(16)14-7-5-12/h10,13H,2-4,6-9H2,1H3,(H,14,16). The van der Waals surface area contributed by atoms with Gasteiger partial charge in [0.05, 0.1) is 12.6 Å². The minimum atomic E-state index is -0.0682. The molecule has 90 valence electrons. The number of rotatable bonds is 6. The van der Waals surface area contributed by atoms with E-state index in [4.69, 9.17) is 5.26 Å². The third kappa shape index (κ3) is 4.60. The van der Waals surface area contributed by atoms with E-state index in [1.807, 2.05) is 13.0 Å². The molecule has 1 atom stereocenters. The Balaban J connectivity index is 2.25. The molecule has 0 bridgehead atoms. The molecule has 5 nitrogen and oxygen atoms in total. The van der Waals surface area contributed by atoms with Crippen molar-refractivity contribution >= 4 is 5.91 Å². The highest BCUT2D eigenvalue weighted by molar-refractivity contribution is 5.78. The normalized spacial score (nSPS) is 19.7. The molecule has 1 saturated heterocycles. The van der Waals surface area contributed by atoms with Gasteiger partial charge in [-0.1, -0.05) is 6.92 Å². The number of nitriles is 1. The smallest absolute Gasteiger partial charge is 0.235 e. The van der Waals surface area contributed by atoms with Gasteiger partial charge in [-0.15, -0.1) is 0 Å². The average Bonchev–Trinajstić information content (AvgIpc) is 2.78. The summed E-state index contributed by atoms with van der Waals surface area (Å²) in [5.74, 6) is -0.0682. The molecular formula is C11H20N4O. The zero-order valence-corrected chi connectivity index (χ0v) is 9.83. The van der Waals surface area contributed by atoms with Crippen molar-refractivity contribution in [2.45, 2.75) is 25.8 Å². The van der Waals surface area contributed by atoms with E-state index >= 15 is 0 Å². The summed E-state index contributed by atoms with van der Waals surface area (Å²) in [4.78, 5) is 13.5. The van der Waals surface area contributed by atoms with E-state index in [-0.39, 0.29) is 12.5 Å². The highest BCUT2D eigenvalue weighted by atomic mass is 16.2. The Morgan fingerprint density at radius 1 is 1.69 bits per heavy atom. The van der Waals surface area contributed by atoms with Crippen LogP contribution in [0.4, 0.5) is 0 Å². The Kier molecular flexibility index (Phi) is 5.83. The summed E-state index contributed by atoms with van der Waals surface area (Å²) in [6, 6.07) is 2.42. The molecule has 0 aromatic carbocycles. The zero-order valence-electron chi connectivity index (χ0n) is 9.83. The molecule has 5 heteroatoms. The zero-order chi connectivity index (χ0) is 11.8. The van der Waals surface area contributed by atoms with Crippen LogP contribution in [0.5, 0.6) is 0 Å². The van der Waals surface area contributed by atoms with E-state index in [1.165, 1.54) is 12.8 Å². The number of hydrogen-bond acceptors (Lipinski definition) is 4. The lowest BCUT2D eigenvalue weighted by molar-refractivity contribution is -0.122. The second-order valence-electron chi connectivity index (χ2n) is 4.06. The molecule has 1 amide bonds. The van der Waals surface area contributed by atoms with Crippen molar-refractivity contribution in [3.8, 4) is 6.07 Å². The van der Waals surface area contributed by atoms with Gasteiger partial charge >= 0.3 is 0 Å². The topological polar surface area (TPSA) is 68.2 Å². The molecule has 1 unspecified atom stereocenters. The summed E-state index contributed by atoms with van der Waals surface area (Å²) in [6.45, 7) is 5.39. The largest absolute Gasteiger partial charge is 0.342 e. The summed E-state index contributed by atoms with van der Waals surface area (Å²) in [5, 5.41) is 14.3. The maximum Gasteiger partial charge on any atom is 0.235 e. The van der Waals surface area contributed by atoms with E-state index in [0.29, 0.717) is 12.6 Å². The van der Waals surface area contributed by atoms with Crippen molar-refractivity contribution in [3.05, 3.63) is 0 Å². The predicted molar refractivity (Wildman–Crippen MR) is 61.8 cm³/mol. The van der Waals surface area contributed by atoms with Crippen molar-refractivity contribution in [1.29, 1.82) is 5.26 Å². The molecule has 0 aromatic rings. The second-order valence-corrected chi connectivity index (χ2v) is 4.06. The first-order valence-electron chi connectivity index (χ1n) is 5.85. The van der Waals surface area contributed by atoms with Crippen LogP contribution in [0.1, 0.15) is 19.8 Å². The lowest BCUT2D eigenvalue weighted by Gasteiger charge is -2.23. The Morgan fingerprint density at radius 3 is 3.06 bits per heavy atom. The molecule has 0 radical (unpaired) electrons. The molecule has 2 N–H and O–H groups in total. The summed E-state index contributed by atoms with van der Waals surface area (Å²) < 4.78 is 0. The van der Waals surface area contributed by atoms with Crippen LogP contribution in [0.2, 0.25) is 0 Å². The van der Waals surface area contributed by atoms with Gasteiger partial charge in [-0.05, 0) is 25.9 Å². The number of nitrogens with one attached hydrogen (secondary N) is 2. The lowest BCUT2D eigenvalue weighted by atomic mass is 10.2. The molecule has 16 heavy (non-hydrogen) atoms. The van der Waals surface area contributed by atoms with Crippen LogP contribution in [0.3, 0.4) is 0 Å². The van der Waals surface area contributed by atoms with E-state index < -0.39 is 0 Å². The van der Waals surface area contributed by atoms with Crippen LogP contribution in [0, 0.1) is 11.3 Å². The van der Waals surface area contributed by atoms with Crippen LogP contribution < -0.4 is 10.6 Å². The van der Waals surface area contributed by atoms with Gasteiger partial charge in [-0.2, -0.15) is 5.26 Å². The van der Waals surface area contributed by atoms with Crippen molar-refractivity contribution in [1.82, 2.24) is 15.5 Å². The van der Waals surface area contributed by atoms with Gasteiger partial charge in [0.2, 0.25) is 5.91 Å². The number of likely N-dealkylation sites (N-methyl/N-ethyl adjacent to an activating group) is 1. The van der Waals surface area contributed by atoms with E-state index in [1.54, 1.807) is 0 Å². The van der Waals surface area contributed by atoms with Crippen molar-refractivity contribution < 1.29 is 4.79 Å². The van der Waals surface area contributed by atoms with Gasteiger partial charge in [0.15, 0.2) is 0 Å². The number of carbonyl (C=O) groups excluding carboxylic acids is 1. The highest BCUT2D eigenvalue weighted by Gasteiger charge is 2.18. The molecule has 1 fully saturated rings. The minimum absolute atomic E-state index is 0.0682. The Hall–Kier alpha value is -1.12. The fourth-order valence-electron chi connectivity index (χ4n) is 1.93. The summed E-state index contributed by atoms with van der Waals surface area (Å²) in [5.41, 5.74) is 0. The lowest BCUT2D eigenvalue weighted by Crippen LogP contribution is -2.43. The maximum atomic E-state index is 11.4. The fraction of sp³-hybridized carbons (Fsp3) is 0.818. The van der Waals surface area contributed by atoms with Crippen LogP contribution >= 0.6 is 0 Å². The van der Waals surface area contributed by atoms with Crippen LogP contribution in [0.15, 0.2) is 0 Å². The van der Waals surface area contributed by atoms with Gasteiger partial charge < -0.3 is 10.6 Å². The van der Waals surface area contributed by atoms with E-state index in [9.17, 15) is 4.79 Å². The van der Waals surface area contributed by atoms with Gasteiger partial charge in [0, 0.05) is 12.6 Å². The van der Waals surface area contributed by atoms with Gasteiger partial charge in [-0.25, -0.2) is 0 Å². The second kappa shape index (κ2) is 7.20. The molecule has 1 heterocycles. The first kappa shape index (κ1) is 12.9. The summed E-state index contributed by atoms with van der Waals surface area (Å²) >= 11 is 0. The molecule has 1 aliphatic heterocycles. The first-order chi connectivity index (χ1) is 7.76. The van der Waals surface area contributed by atoms with Gasteiger partial charge in [0.1, 0.15) is 6.54 Å². The molecule has 0 spiro atoms. The highest BCUT2D eigenvalue weighted by Crippen LogP contribution is 2.06. The van der Waals surface area contributed by atoms with Crippen molar-refractivity contribution in [2.75, 3.05) is 32.7 Å². The Morgan fingerprint density at radius 2 is 2.50 bits per heavy atom. The molecular weight excluding hydrogens is 204 g/mol. The Labute approximate surface area is 96.8 Å². The number of carbonyl (C=O) groups is 1. The Bertz CT molecular complexity index is 255. The number of amides is 1. The monoisotopic (exact) mass is 224 g/mol. The average molecular weight is 224 g/mol. The number of hydrogen-bond donors (Lipinski definition) is 2. The SMILES string of the molecule is CCN(CC(=O)NCC#N)CC1CCCN1. The molecule has 1 rings (SSSR count). The van der Waals surface area contributed by atoms with E-state index in [2.05, 4.69) is 15.5 Å². The number of nitrogens with zero attached hydrogens (tertiary/aromatic N) is 2. The molecule has 0 saturated carbocycles. The fourth-order valence-corrected chi connectivity index (χ4v) is 1.93. The third-order valence-corrected chi connectivity index (χ3v) is 2.82. The summed E-state index contributed by atoms with van der Waals surface area (Å²) in [6.07, 6.45) is 2.42. The van der Waals surface area contributed by atoms with Crippen LogP contribution in [0.25, 0.3) is 0 Å². The first-order valence-corrected chi connectivity index (χ1v) is 5.85. The summed E-state index contributed by atoms with van der Waals surface area (Å²) in [7, 11) is 0. The van der Waals surface area contributed by atoms with Crippen molar-refractivity contribution in [3.63, 3.8) is 0 Å². The molecule has 0 aromatic heterocycles. The van der Waals surface area contributed by atoms with Crippen molar-refractivity contribution in [2.24, 2.45) is 0 Å². The van der Waals surface area contributed by atoms with Crippen LogP contribution in [-0.2, 0) is 4.79 Å². The van der Waals surface area contributed by atoms with Crippen LogP contribution in [-0.4, -0.2) is 49.6 Å². The predicted octanol–water partition coefficient (Wildman–Crippen LogP) is -0.300. The molecule has 1 aliphatic rings. The molecule has 0 aliphatic carbocycles. The quantitative estimate of drug-likeness (QED) is 0.608. The van der Waals surface area contributed by atoms with Gasteiger partial charge in [0.25, 0.3) is 0 Å². The third-order valence-electron chi connectivity index (χ3n) is 2.82.